The summed E-state index contributed by atoms with van der Waals surface area (Å²) in [6.07, 6.45) is 13.2. The molecule has 17 nitrogen and oxygen atoms in total. The molecule has 0 N–H and O–H groups in total. The van der Waals surface area contributed by atoms with Gasteiger partial charge in [0.05, 0.1) is 0 Å². The van der Waals surface area contributed by atoms with E-state index in [4.69, 9.17) is 51.9 Å². The molecular formula is C56H63BF4N14O3. The Bertz CT molecular complexity index is 2690. The first kappa shape index (κ1) is 77.1. The van der Waals surface area contributed by atoms with Gasteiger partial charge in [0, 0.05) is 84.9 Å². The summed E-state index contributed by atoms with van der Waals surface area (Å²) in [7, 11) is 10.1. The molecule has 0 spiro atoms. The van der Waals surface area contributed by atoms with Crippen LogP contribution in [0.3, 0.4) is 0 Å². The van der Waals surface area contributed by atoms with Crippen molar-refractivity contribution in [1.82, 2.24) is 0 Å². The van der Waals surface area contributed by atoms with Crippen molar-refractivity contribution in [3.63, 3.8) is 0 Å². The molecule has 7 aromatic rings. The summed E-state index contributed by atoms with van der Waals surface area (Å²) < 4.78 is 12.6. The Morgan fingerprint density at radius 2 is 0.359 bits per heavy atom. The number of pyridine rings is 7. The lowest BCUT2D eigenvalue weighted by molar-refractivity contribution is -0.674. The first-order valence-corrected chi connectivity index (χ1v) is 22.4. The summed E-state index contributed by atoms with van der Waals surface area (Å²) in [6, 6.07) is 41.5. The number of hydrogen-bond acceptors (Lipinski definition) is 10. The molecule has 0 aliphatic carbocycles. The summed E-state index contributed by atoms with van der Waals surface area (Å²) in [5.41, 5.74) is 12.7. The van der Waals surface area contributed by atoms with Gasteiger partial charge in [0.15, 0.2) is 85.9 Å². The highest BCUT2D eigenvalue weighted by Crippen LogP contribution is 1.99. The average molecular weight is 1070 g/mol. The van der Waals surface area contributed by atoms with Crippen LogP contribution in [0.25, 0.3) is 0 Å². The third-order valence-corrected chi connectivity index (χ3v) is 9.94. The van der Waals surface area contributed by atoms with E-state index in [-0.39, 0.29) is 18.8 Å². The zero-order valence-corrected chi connectivity index (χ0v) is 46.2. The van der Waals surface area contributed by atoms with Crippen LogP contribution in [0.4, 0.5) is 0 Å². The number of hydrogen-bond donors (Lipinski definition) is 0. The minimum atomic E-state index is -2.92. The van der Waals surface area contributed by atoms with Crippen molar-refractivity contribution in [1.29, 1.82) is 36.8 Å². The van der Waals surface area contributed by atoms with Gasteiger partial charge in [0.1, 0.15) is 49.3 Å². The van der Waals surface area contributed by atoms with Gasteiger partial charge in [0.25, 0.3) is 39.9 Å². The second-order valence-electron chi connectivity index (χ2n) is 16.5. The molecular weight excluding hydrogens is 1000 g/mol. The fourth-order valence-corrected chi connectivity index (χ4v) is 5.50. The molecule has 0 aliphatic heterocycles. The normalized spacial score (nSPS) is 8.33. The van der Waals surface area contributed by atoms with Crippen LogP contribution in [0.1, 0.15) is 78.8 Å². The van der Waals surface area contributed by atoms with E-state index >= 15 is 0 Å². The lowest BCUT2D eigenvalue weighted by Gasteiger charge is -2.35. The summed E-state index contributed by atoms with van der Waals surface area (Å²) in [5.74, 6) is 0. The Morgan fingerprint density at radius 3 is 0.423 bits per heavy atom. The van der Waals surface area contributed by atoms with Gasteiger partial charge in [-0.05, 0) is 87.4 Å². The molecule has 78 heavy (non-hydrogen) atoms. The third-order valence-electron chi connectivity index (χ3n) is 9.94. The summed E-state index contributed by atoms with van der Waals surface area (Å²) >= 11 is 0. The van der Waals surface area contributed by atoms with E-state index in [1.54, 1.807) is 32.0 Å². The molecule has 22 heteroatoms. The van der Waals surface area contributed by atoms with Crippen molar-refractivity contribution < 1.29 is 65.9 Å². The van der Waals surface area contributed by atoms with E-state index in [1.165, 1.54) is 0 Å². The van der Waals surface area contributed by atoms with Gasteiger partial charge < -0.3 is 33.9 Å². The maximum atomic E-state index is 8.57. The van der Waals surface area contributed by atoms with Gasteiger partial charge in [0.2, 0.25) is 0 Å². The number of aryl methyl sites for hydroxylation is 14. The molecule has 0 fully saturated rings. The number of aromatic nitrogens is 7. The largest absolute Gasteiger partial charge is 1.00 e. The minimum absolute atomic E-state index is 0. The van der Waals surface area contributed by atoms with Gasteiger partial charge in [-0.25, -0.2) is 0 Å². The molecule has 0 aromatic carbocycles. The quantitative estimate of drug-likeness (QED) is 0.0787. The molecule has 0 saturated heterocycles. The zero-order valence-electron chi connectivity index (χ0n) is 46.2. The monoisotopic (exact) mass is 1070 g/mol. The van der Waals surface area contributed by atoms with Gasteiger partial charge in [-0.1, -0.05) is 0 Å². The van der Waals surface area contributed by atoms with Crippen molar-refractivity contribution in [2.24, 2.45) is 49.3 Å². The van der Waals surface area contributed by atoms with Crippen LogP contribution < -0.4 is 65.9 Å². The van der Waals surface area contributed by atoms with Crippen LogP contribution in [-0.2, 0) is 49.3 Å². The standard InChI is InChI=1S/7C8H9N2.BO3.4FH/c7*1-7-3-4-10(2)8(5-7)6-9;2-1(3)4;;;;/h7*3-5H,1-2H3;;4*1H/q7*+1;-3;;;;/p-4. The van der Waals surface area contributed by atoms with Crippen molar-refractivity contribution in [3.05, 3.63) is 207 Å². The van der Waals surface area contributed by atoms with Gasteiger partial charge in [-0.15, -0.1) is 0 Å². The van der Waals surface area contributed by atoms with Crippen LogP contribution >= 0.6 is 0 Å². The van der Waals surface area contributed by atoms with Gasteiger partial charge in [-0.3, -0.25) is 7.32 Å². The molecule has 7 rings (SSSR count). The molecule has 406 valence electrons. The van der Waals surface area contributed by atoms with Crippen LogP contribution in [0.2, 0.25) is 0 Å². The van der Waals surface area contributed by atoms with Crippen molar-refractivity contribution in [2.75, 3.05) is 0 Å². The van der Waals surface area contributed by atoms with Crippen LogP contribution in [0, 0.1) is 128 Å². The first-order valence-electron chi connectivity index (χ1n) is 22.4. The predicted molar refractivity (Wildman–Crippen MR) is 265 cm³/mol. The molecule has 0 atom stereocenters. The topological polar surface area (TPSA) is 263 Å². The average Bonchev–Trinajstić information content (AvgIpc) is 3.37. The van der Waals surface area contributed by atoms with Crippen LogP contribution in [0.15, 0.2) is 128 Å². The van der Waals surface area contributed by atoms with Gasteiger partial charge in [-0.2, -0.15) is 68.8 Å². The summed E-state index contributed by atoms with van der Waals surface area (Å²) in [6.45, 7) is 13.8. The fourth-order valence-electron chi connectivity index (χ4n) is 5.50. The lowest BCUT2D eigenvalue weighted by Crippen LogP contribution is -3.00. The number of halogens is 4. The van der Waals surface area contributed by atoms with Gasteiger partial charge >= 0.3 is 0 Å². The third kappa shape index (κ3) is 31.0. The minimum Gasteiger partial charge on any atom is -1.00 e. The Hall–Kier alpha value is -9.86. The first-order chi connectivity index (χ1) is 34.9. The fraction of sp³-hybridized carbons (Fsp3) is 0.250. The van der Waals surface area contributed by atoms with E-state index < -0.39 is 7.32 Å². The second kappa shape index (κ2) is 41.5. The summed E-state index contributed by atoms with van der Waals surface area (Å²) in [5, 5.41) is 85.3. The van der Waals surface area contributed by atoms with E-state index in [9.17, 15) is 0 Å². The highest BCUT2D eigenvalue weighted by molar-refractivity contribution is 6.24. The Kier molecular flexibility index (Phi) is 41.0. The van der Waals surface area contributed by atoms with E-state index in [0.717, 1.165) is 38.9 Å². The lowest BCUT2D eigenvalue weighted by atomic mass is 10.2. The van der Waals surface area contributed by atoms with E-state index in [0.29, 0.717) is 39.9 Å². The molecule has 0 unspecified atom stereocenters. The summed E-state index contributed by atoms with van der Waals surface area (Å²) in [4.78, 5) is 0. The van der Waals surface area contributed by atoms with Crippen molar-refractivity contribution >= 4 is 7.32 Å². The molecule has 7 heterocycles. The Labute approximate surface area is 455 Å². The van der Waals surface area contributed by atoms with Crippen LogP contribution in [-0.4, -0.2) is 7.32 Å². The van der Waals surface area contributed by atoms with Crippen molar-refractivity contribution in [2.45, 2.75) is 48.5 Å². The van der Waals surface area contributed by atoms with E-state index in [2.05, 4.69) is 42.5 Å². The molecule has 0 bridgehead atoms. The maximum Gasteiger partial charge on any atom is 0.283 e. The SMILES string of the molecule is Cc1cc[n+](C)c(C#N)c1.Cc1cc[n+](C)c(C#N)c1.Cc1cc[n+](C)c(C#N)c1.Cc1cc[n+](C)c(C#N)c1.Cc1cc[n+](C)c(C#N)c1.Cc1cc[n+](C)c(C#N)c1.Cc1cc[n+](C)c(C#N)c1.[F-].[F-].[F-].[F-].[O-]B([O-])[O-]. The second-order valence-corrected chi connectivity index (χ2v) is 16.5. The van der Waals surface area contributed by atoms with E-state index in [1.807, 2.05) is 226 Å². The molecule has 0 amide bonds. The number of nitrogens with zero attached hydrogens (tertiary/aromatic N) is 14. The maximum absolute atomic E-state index is 8.57. The molecule has 0 radical (unpaired) electrons. The molecule has 7 aromatic heterocycles. The number of rotatable bonds is 0. The zero-order chi connectivity index (χ0) is 56.5. The van der Waals surface area contributed by atoms with Crippen molar-refractivity contribution in [3.8, 4) is 42.5 Å². The Balaban J connectivity index is -0.000000260. The van der Waals surface area contributed by atoms with Crippen LogP contribution in [0.5, 0.6) is 0 Å². The Morgan fingerprint density at radius 1 is 0.269 bits per heavy atom. The molecule has 0 aliphatic rings. The highest BCUT2D eigenvalue weighted by Gasteiger charge is 2.07. The predicted octanol–water partition coefficient (Wildman–Crippen LogP) is -11.1. The number of nitriles is 7. The molecule has 0 saturated carbocycles. The highest BCUT2D eigenvalue weighted by atomic mass is 19.0. The smallest absolute Gasteiger partial charge is 0.283 e.